The molecule has 1 aromatic rings. The minimum absolute atomic E-state index is 0.0198. The second kappa shape index (κ2) is 20.9. The molecule has 0 saturated carbocycles. The van der Waals surface area contributed by atoms with E-state index in [1.54, 1.807) is 38.1 Å². The SMILES string of the molecule is CC(C)C(NC(=O)OCc1ccccc1)C(=O)NC(CCCN=C(N)N)C(=O)N1CCCC1C(=O)NC(CCCN=C(N)N)C(=O)C(=O)CF. The number of nitrogens with two attached hydrogens (primary N) is 4. The summed E-state index contributed by atoms with van der Waals surface area (Å²) in [5.41, 5.74) is 22.2. The largest absolute Gasteiger partial charge is 0.445 e. The molecule has 17 nitrogen and oxygen atoms in total. The van der Waals surface area contributed by atoms with Gasteiger partial charge >= 0.3 is 6.09 Å². The molecule has 4 unspecified atom stereocenters. The standard InChI is InChI=1S/C32H49FN10O7/c1-19(2)25(42-32(49)50-18-20-9-4-3-5-10-20)28(47)41-22(12-7-15-39-31(36)37)29(48)43-16-8-13-23(43)27(46)40-21(26(45)24(44)17-33)11-6-14-38-30(34)35/h3-5,9-10,19,21-23,25H,6-8,11-18H2,1-2H3,(H,40,46)(H,41,47)(H,42,49)(H4,34,35,38)(H4,36,37,39). The number of halogens is 1. The van der Waals surface area contributed by atoms with Gasteiger partial charge in [-0.15, -0.1) is 0 Å². The zero-order valence-corrected chi connectivity index (χ0v) is 28.4. The van der Waals surface area contributed by atoms with Gasteiger partial charge in [-0.1, -0.05) is 44.2 Å². The number of alkyl carbamates (subject to hydrolysis) is 1. The van der Waals surface area contributed by atoms with Crippen molar-refractivity contribution in [1.82, 2.24) is 20.9 Å². The normalized spacial score (nSPS) is 15.6. The molecular weight excluding hydrogens is 655 g/mol. The first-order valence-corrected chi connectivity index (χ1v) is 16.4. The summed E-state index contributed by atoms with van der Waals surface area (Å²) < 4.78 is 18.3. The Morgan fingerprint density at radius 2 is 1.50 bits per heavy atom. The van der Waals surface area contributed by atoms with Gasteiger partial charge in [0, 0.05) is 19.6 Å². The summed E-state index contributed by atoms with van der Waals surface area (Å²) in [4.78, 5) is 87.1. The Morgan fingerprint density at radius 1 is 0.900 bits per heavy atom. The number of aliphatic imine (C=N–C) groups is 2. The van der Waals surface area contributed by atoms with Crippen LogP contribution >= 0.6 is 0 Å². The van der Waals surface area contributed by atoms with Crippen molar-refractivity contribution < 1.29 is 37.9 Å². The molecule has 4 amide bonds. The molecule has 276 valence electrons. The molecular formula is C32H49FN10O7. The van der Waals surface area contributed by atoms with Crippen LogP contribution < -0.4 is 38.9 Å². The smallest absolute Gasteiger partial charge is 0.408 e. The molecule has 1 aliphatic heterocycles. The van der Waals surface area contributed by atoms with Gasteiger partial charge < -0.3 is 48.5 Å². The number of rotatable bonds is 20. The quantitative estimate of drug-likeness (QED) is 0.0378. The number of hydrogen-bond donors (Lipinski definition) is 7. The van der Waals surface area contributed by atoms with Gasteiger partial charge in [0.05, 0.1) is 6.04 Å². The summed E-state index contributed by atoms with van der Waals surface area (Å²) >= 11 is 0. The van der Waals surface area contributed by atoms with Crippen LogP contribution in [-0.2, 0) is 35.3 Å². The molecule has 1 fully saturated rings. The molecule has 0 bridgehead atoms. The first-order chi connectivity index (χ1) is 23.7. The highest BCUT2D eigenvalue weighted by molar-refractivity contribution is 6.40. The summed E-state index contributed by atoms with van der Waals surface area (Å²) in [5.74, 6) is -5.15. The van der Waals surface area contributed by atoms with E-state index >= 15 is 0 Å². The van der Waals surface area contributed by atoms with E-state index in [2.05, 4.69) is 25.9 Å². The Kier molecular flexibility index (Phi) is 17.1. The molecule has 1 heterocycles. The van der Waals surface area contributed by atoms with Crippen molar-refractivity contribution in [2.45, 2.75) is 83.1 Å². The topological polar surface area (TPSA) is 280 Å². The van der Waals surface area contributed by atoms with Crippen LogP contribution in [0.5, 0.6) is 0 Å². The number of ether oxygens (including phenoxy) is 1. The van der Waals surface area contributed by atoms with Gasteiger partial charge in [-0.2, -0.15) is 0 Å². The van der Waals surface area contributed by atoms with Crippen LogP contribution in [-0.4, -0.2) is 103 Å². The van der Waals surface area contributed by atoms with Gasteiger partial charge in [0.15, 0.2) is 18.6 Å². The van der Waals surface area contributed by atoms with Crippen molar-refractivity contribution in [1.29, 1.82) is 0 Å². The average molecular weight is 705 g/mol. The van der Waals surface area contributed by atoms with E-state index in [0.29, 0.717) is 6.42 Å². The number of ketones is 2. The van der Waals surface area contributed by atoms with Crippen molar-refractivity contribution in [3.05, 3.63) is 35.9 Å². The lowest BCUT2D eigenvalue weighted by Gasteiger charge is -2.31. The van der Waals surface area contributed by atoms with Gasteiger partial charge in [0.2, 0.25) is 29.3 Å². The van der Waals surface area contributed by atoms with Crippen LogP contribution in [0, 0.1) is 5.92 Å². The number of guanidine groups is 2. The minimum Gasteiger partial charge on any atom is -0.445 e. The number of likely N-dealkylation sites (tertiary alicyclic amines) is 1. The third-order valence-electron chi connectivity index (χ3n) is 7.81. The highest BCUT2D eigenvalue weighted by Crippen LogP contribution is 2.21. The van der Waals surface area contributed by atoms with E-state index in [0.717, 1.165) is 5.56 Å². The Labute approximate surface area is 290 Å². The molecule has 50 heavy (non-hydrogen) atoms. The first-order valence-electron chi connectivity index (χ1n) is 16.4. The number of nitrogens with one attached hydrogen (secondary N) is 3. The highest BCUT2D eigenvalue weighted by atomic mass is 19.1. The lowest BCUT2D eigenvalue weighted by Crippen LogP contribution is -2.58. The zero-order chi connectivity index (χ0) is 37.2. The number of Topliss-reactive ketones (excluding diaryl/α,β-unsaturated/α-hetero) is 2. The third-order valence-corrected chi connectivity index (χ3v) is 7.81. The molecule has 1 aromatic carbocycles. The summed E-state index contributed by atoms with van der Waals surface area (Å²) in [6.07, 6.45) is 0.298. The van der Waals surface area contributed by atoms with Crippen molar-refractivity contribution >= 4 is 47.3 Å². The van der Waals surface area contributed by atoms with Crippen LogP contribution in [0.15, 0.2) is 40.3 Å². The second-order valence-electron chi connectivity index (χ2n) is 12.1. The van der Waals surface area contributed by atoms with Crippen molar-refractivity contribution in [2.75, 3.05) is 26.3 Å². The van der Waals surface area contributed by atoms with E-state index in [1.165, 1.54) is 4.90 Å². The number of carbonyl (C=O) groups excluding carboxylic acids is 6. The molecule has 2 rings (SSSR count). The Bertz CT molecular complexity index is 1380. The predicted molar refractivity (Wildman–Crippen MR) is 183 cm³/mol. The van der Waals surface area contributed by atoms with Crippen molar-refractivity contribution in [2.24, 2.45) is 38.8 Å². The fraction of sp³-hybridized carbons (Fsp3) is 0.562. The average Bonchev–Trinajstić information content (AvgIpc) is 3.58. The number of alkyl halides is 1. The minimum atomic E-state index is -1.54. The Morgan fingerprint density at radius 3 is 2.06 bits per heavy atom. The lowest BCUT2D eigenvalue weighted by molar-refractivity contribution is -0.143. The van der Waals surface area contributed by atoms with E-state index in [1.807, 2.05) is 6.07 Å². The molecule has 0 aromatic heterocycles. The first kappa shape index (κ1) is 40.9. The molecule has 0 radical (unpaired) electrons. The predicted octanol–water partition coefficient (Wildman–Crippen LogP) is -0.887. The van der Waals surface area contributed by atoms with E-state index in [4.69, 9.17) is 27.7 Å². The number of nitrogens with zero attached hydrogens (tertiary/aromatic N) is 3. The van der Waals surface area contributed by atoms with Gasteiger partial charge in [0.25, 0.3) is 0 Å². The van der Waals surface area contributed by atoms with Crippen LogP contribution in [0.2, 0.25) is 0 Å². The highest BCUT2D eigenvalue weighted by Gasteiger charge is 2.40. The monoisotopic (exact) mass is 704 g/mol. The Hall–Kier alpha value is -5.29. The molecule has 1 aliphatic rings. The van der Waals surface area contributed by atoms with E-state index in [9.17, 15) is 33.2 Å². The Balaban J connectivity index is 2.21. The molecule has 11 N–H and O–H groups in total. The van der Waals surface area contributed by atoms with E-state index < -0.39 is 72.1 Å². The van der Waals surface area contributed by atoms with Gasteiger partial charge in [-0.3, -0.25) is 34.0 Å². The maximum absolute atomic E-state index is 14.0. The molecule has 18 heteroatoms. The fourth-order valence-corrected chi connectivity index (χ4v) is 5.25. The number of amides is 4. The summed E-state index contributed by atoms with van der Waals surface area (Å²) in [5, 5.41) is 7.76. The third kappa shape index (κ3) is 13.7. The summed E-state index contributed by atoms with van der Waals surface area (Å²) in [6.45, 7) is 2.26. The molecule has 1 saturated heterocycles. The number of carbonyl (C=O) groups is 6. The fourth-order valence-electron chi connectivity index (χ4n) is 5.25. The zero-order valence-electron chi connectivity index (χ0n) is 28.4. The lowest BCUT2D eigenvalue weighted by atomic mass is 10.0. The molecule has 0 spiro atoms. The van der Waals surface area contributed by atoms with Crippen molar-refractivity contribution in [3.63, 3.8) is 0 Å². The number of hydrogen-bond acceptors (Lipinski definition) is 9. The summed E-state index contributed by atoms with van der Waals surface area (Å²) in [6, 6.07) is 4.31. The maximum atomic E-state index is 14.0. The van der Waals surface area contributed by atoms with E-state index in [-0.39, 0.29) is 70.3 Å². The second-order valence-corrected chi connectivity index (χ2v) is 12.1. The number of benzene rings is 1. The molecule has 0 aliphatic carbocycles. The summed E-state index contributed by atoms with van der Waals surface area (Å²) in [7, 11) is 0. The van der Waals surface area contributed by atoms with Crippen LogP contribution in [0.25, 0.3) is 0 Å². The van der Waals surface area contributed by atoms with Gasteiger partial charge in [-0.05, 0) is 50.0 Å². The molecule has 4 atom stereocenters. The van der Waals surface area contributed by atoms with Gasteiger partial charge in [-0.25, -0.2) is 9.18 Å². The van der Waals surface area contributed by atoms with Crippen molar-refractivity contribution in [3.8, 4) is 0 Å². The maximum Gasteiger partial charge on any atom is 0.408 e. The van der Waals surface area contributed by atoms with Crippen LogP contribution in [0.3, 0.4) is 0 Å². The van der Waals surface area contributed by atoms with Gasteiger partial charge in [0.1, 0.15) is 24.7 Å². The van der Waals surface area contributed by atoms with Crippen LogP contribution in [0.4, 0.5) is 9.18 Å². The van der Waals surface area contributed by atoms with Crippen LogP contribution in [0.1, 0.15) is 57.9 Å².